The fourth-order valence-electron chi connectivity index (χ4n) is 3.27. The first-order chi connectivity index (χ1) is 9.93. The van der Waals surface area contributed by atoms with Crippen molar-refractivity contribution in [2.24, 2.45) is 5.41 Å². The van der Waals surface area contributed by atoms with Gasteiger partial charge in [0.25, 0.3) is 0 Å². The van der Waals surface area contributed by atoms with Crippen molar-refractivity contribution in [3.05, 3.63) is 28.8 Å². The van der Waals surface area contributed by atoms with E-state index in [1.54, 1.807) is 0 Å². The van der Waals surface area contributed by atoms with Crippen molar-refractivity contribution in [1.29, 1.82) is 0 Å². The van der Waals surface area contributed by atoms with Crippen LogP contribution in [-0.4, -0.2) is 19.6 Å². The lowest BCUT2D eigenvalue weighted by atomic mass is 9.75. The van der Waals surface area contributed by atoms with E-state index in [9.17, 15) is 0 Å². The minimum Gasteiger partial charge on any atom is -0.371 e. The standard InChI is InChI=1S/C18H29ClN2/c1-5-20-13-14-12-15(19)6-7-17(14)21(4)16-8-10-18(2,3)11-9-16/h6-7,12,16,20H,5,8-11,13H2,1-4H3. The molecular weight excluding hydrogens is 280 g/mol. The lowest BCUT2D eigenvalue weighted by molar-refractivity contribution is 0.222. The van der Waals surface area contributed by atoms with Crippen LogP contribution in [-0.2, 0) is 6.54 Å². The molecule has 3 heteroatoms. The first kappa shape index (κ1) is 16.6. The molecule has 21 heavy (non-hydrogen) atoms. The van der Waals surface area contributed by atoms with Crippen LogP contribution < -0.4 is 10.2 Å². The van der Waals surface area contributed by atoms with Crippen LogP contribution in [0, 0.1) is 5.41 Å². The summed E-state index contributed by atoms with van der Waals surface area (Å²) in [7, 11) is 2.24. The zero-order valence-electron chi connectivity index (χ0n) is 13.9. The normalized spacial score (nSPS) is 18.7. The first-order valence-electron chi connectivity index (χ1n) is 8.15. The summed E-state index contributed by atoms with van der Waals surface area (Å²) in [5.74, 6) is 0. The zero-order valence-corrected chi connectivity index (χ0v) is 14.6. The van der Waals surface area contributed by atoms with Crippen molar-refractivity contribution in [3.63, 3.8) is 0 Å². The second-order valence-electron chi connectivity index (χ2n) is 7.06. The van der Waals surface area contributed by atoms with E-state index < -0.39 is 0 Å². The molecule has 0 amide bonds. The lowest BCUT2D eigenvalue weighted by Gasteiger charge is -2.40. The highest BCUT2D eigenvalue weighted by atomic mass is 35.5. The number of hydrogen-bond acceptors (Lipinski definition) is 2. The van der Waals surface area contributed by atoms with Gasteiger partial charge in [-0.2, -0.15) is 0 Å². The maximum atomic E-state index is 6.18. The van der Waals surface area contributed by atoms with E-state index in [1.165, 1.54) is 36.9 Å². The van der Waals surface area contributed by atoms with Gasteiger partial charge < -0.3 is 10.2 Å². The third-order valence-corrected chi connectivity index (χ3v) is 5.08. The zero-order chi connectivity index (χ0) is 15.5. The molecule has 0 aliphatic heterocycles. The van der Waals surface area contributed by atoms with Gasteiger partial charge in [0.15, 0.2) is 0 Å². The summed E-state index contributed by atoms with van der Waals surface area (Å²) >= 11 is 6.18. The van der Waals surface area contributed by atoms with Crippen molar-refractivity contribution in [2.45, 2.75) is 59.0 Å². The Bertz CT molecular complexity index is 460. The predicted molar refractivity (Wildman–Crippen MR) is 93.3 cm³/mol. The van der Waals surface area contributed by atoms with Gasteiger partial charge in [-0.15, -0.1) is 0 Å². The first-order valence-corrected chi connectivity index (χ1v) is 8.53. The number of anilines is 1. The number of nitrogens with zero attached hydrogens (tertiary/aromatic N) is 1. The van der Waals surface area contributed by atoms with Gasteiger partial charge >= 0.3 is 0 Å². The van der Waals surface area contributed by atoms with Crippen LogP contribution in [0.5, 0.6) is 0 Å². The number of nitrogens with one attached hydrogen (secondary N) is 1. The maximum absolute atomic E-state index is 6.18. The van der Waals surface area contributed by atoms with E-state index in [0.29, 0.717) is 11.5 Å². The van der Waals surface area contributed by atoms with Gasteiger partial charge in [-0.05, 0) is 61.4 Å². The molecule has 1 aliphatic rings. The Morgan fingerprint density at radius 1 is 1.29 bits per heavy atom. The number of rotatable bonds is 5. The molecule has 1 fully saturated rings. The molecule has 0 unspecified atom stereocenters. The summed E-state index contributed by atoms with van der Waals surface area (Å²) in [4.78, 5) is 2.47. The maximum Gasteiger partial charge on any atom is 0.0412 e. The van der Waals surface area contributed by atoms with E-state index >= 15 is 0 Å². The van der Waals surface area contributed by atoms with Crippen LogP contribution >= 0.6 is 11.6 Å². The van der Waals surface area contributed by atoms with Gasteiger partial charge in [0.1, 0.15) is 0 Å². The molecule has 118 valence electrons. The highest BCUT2D eigenvalue weighted by molar-refractivity contribution is 6.30. The lowest BCUT2D eigenvalue weighted by Crippen LogP contribution is -2.37. The van der Waals surface area contributed by atoms with E-state index in [4.69, 9.17) is 11.6 Å². The molecule has 2 nitrogen and oxygen atoms in total. The van der Waals surface area contributed by atoms with Gasteiger partial charge in [-0.1, -0.05) is 32.4 Å². The molecule has 0 atom stereocenters. The third-order valence-electron chi connectivity index (χ3n) is 4.84. The average molecular weight is 309 g/mol. The summed E-state index contributed by atoms with van der Waals surface area (Å²) in [6, 6.07) is 6.94. The van der Waals surface area contributed by atoms with Crippen molar-refractivity contribution in [3.8, 4) is 0 Å². The van der Waals surface area contributed by atoms with Crippen molar-refractivity contribution in [1.82, 2.24) is 5.32 Å². The van der Waals surface area contributed by atoms with Crippen molar-refractivity contribution in [2.75, 3.05) is 18.5 Å². The van der Waals surface area contributed by atoms with Gasteiger partial charge in [0.2, 0.25) is 0 Å². The molecule has 0 radical (unpaired) electrons. The fourth-order valence-corrected chi connectivity index (χ4v) is 3.46. The summed E-state index contributed by atoms with van der Waals surface area (Å²) in [5, 5.41) is 4.24. The Morgan fingerprint density at radius 2 is 1.95 bits per heavy atom. The molecule has 0 bridgehead atoms. The third kappa shape index (κ3) is 4.37. The Hall–Kier alpha value is -0.730. The van der Waals surface area contributed by atoms with Crippen LogP contribution in [0.25, 0.3) is 0 Å². The SMILES string of the molecule is CCNCc1cc(Cl)ccc1N(C)C1CCC(C)(C)CC1. The molecule has 1 aromatic rings. The summed E-state index contributed by atoms with van der Waals surface area (Å²) < 4.78 is 0. The van der Waals surface area contributed by atoms with Crippen LogP contribution in [0.1, 0.15) is 52.0 Å². The molecule has 0 aromatic heterocycles. The van der Waals surface area contributed by atoms with E-state index in [-0.39, 0.29) is 0 Å². The number of hydrogen-bond donors (Lipinski definition) is 1. The van der Waals surface area contributed by atoms with E-state index in [1.807, 2.05) is 6.07 Å². The van der Waals surface area contributed by atoms with E-state index in [2.05, 4.69) is 50.2 Å². The van der Waals surface area contributed by atoms with Crippen molar-refractivity contribution < 1.29 is 0 Å². The highest BCUT2D eigenvalue weighted by Gasteiger charge is 2.29. The molecule has 0 spiro atoms. The second-order valence-corrected chi connectivity index (χ2v) is 7.50. The largest absolute Gasteiger partial charge is 0.371 e. The van der Waals surface area contributed by atoms with Gasteiger partial charge in [0, 0.05) is 30.3 Å². The summed E-state index contributed by atoms with van der Waals surface area (Å²) in [5.41, 5.74) is 3.14. The summed E-state index contributed by atoms with van der Waals surface area (Å²) in [6.07, 6.45) is 5.20. The Kier molecular flexibility index (Phi) is 5.56. The Morgan fingerprint density at radius 3 is 2.57 bits per heavy atom. The number of halogens is 1. The Labute approximate surface area is 134 Å². The average Bonchev–Trinajstić information content (AvgIpc) is 2.44. The molecule has 1 N–H and O–H groups in total. The molecule has 1 aromatic carbocycles. The topological polar surface area (TPSA) is 15.3 Å². The van der Waals surface area contributed by atoms with E-state index in [0.717, 1.165) is 18.1 Å². The molecule has 1 aliphatic carbocycles. The van der Waals surface area contributed by atoms with Gasteiger partial charge in [-0.3, -0.25) is 0 Å². The smallest absolute Gasteiger partial charge is 0.0412 e. The quantitative estimate of drug-likeness (QED) is 0.836. The Balaban J connectivity index is 2.13. The number of benzene rings is 1. The van der Waals surface area contributed by atoms with Crippen molar-refractivity contribution >= 4 is 17.3 Å². The minimum atomic E-state index is 0.518. The van der Waals surface area contributed by atoms with Gasteiger partial charge in [-0.25, -0.2) is 0 Å². The molecule has 2 rings (SSSR count). The molecular formula is C18H29ClN2. The van der Waals surface area contributed by atoms with Crippen LogP contribution in [0.15, 0.2) is 18.2 Å². The molecule has 1 saturated carbocycles. The minimum absolute atomic E-state index is 0.518. The van der Waals surface area contributed by atoms with Gasteiger partial charge in [0.05, 0.1) is 0 Å². The molecule has 0 heterocycles. The van der Waals surface area contributed by atoms with Crippen LogP contribution in [0.2, 0.25) is 5.02 Å². The predicted octanol–water partition coefficient (Wildman–Crippen LogP) is 4.85. The molecule has 0 saturated heterocycles. The highest BCUT2D eigenvalue weighted by Crippen LogP contribution is 2.38. The fraction of sp³-hybridized carbons (Fsp3) is 0.667. The van der Waals surface area contributed by atoms with Crippen LogP contribution in [0.4, 0.5) is 5.69 Å². The summed E-state index contributed by atoms with van der Waals surface area (Å²) in [6.45, 7) is 8.78. The monoisotopic (exact) mass is 308 g/mol. The van der Waals surface area contributed by atoms with Crippen LogP contribution in [0.3, 0.4) is 0 Å². The second kappa shape index (κ2) is 7.02.